The zero-order chi connectivity index (χ0) is 14.7. The lowest BCUT2D eigenvalue weighted by Crippen LogP contribution is -2.11. The first-order valence-corrected chi connectivity index (χ1v) is 7.11. The van der Waals surface area contributed by atoms with E-state index in [0.29, 0.717) is 0 Å². The summed E-state index contributed by atoms with van der Waals surface area (Å²) in [5.41, 5.74) is 10.1. The summed E-state index contributed by atoms with van der Waals surface area (Å²) in [6.45, 7) is 3.76. The third-order valence-electron chi connectivity index (χ3n) is 3.67. The van der Waals surface area contributed by atoms with Gasteiger partial charge in [0.2, 0.25) is 0 Å². The molecule has 2 aromatic carbocycles. The highest BCUT2D eigenvalue weighted by atomic mass is 35.5. The molecular weight excluding hydrogens is 296 g/mol. The highest BCUT2D eigenvalue weighted by Gasteiger charge is 2.16. The van der Waals surface area contributed by atoms with Gasteiger partial charge in [0.25, 0.3) is 0 Å². The van der Waals surface area contributed by atoms with E-state index >= 15 is 0 Å². The highest BCUT2D eigenvalue weighted by Crippen LogP contribution is 2.33. The quantitative estimate of drug-likeness (QED) is 0.683. The normalized spacial score (nSPS) is 11.9. The molecule has 0 aliphatic heterocycles. The maximum atomic E-state index is 6.33. The summed E-state index contributed by atoms with van der Waals surface area (Å²) < 4.78 is 5.41. The summed E-state index contributed by atoms with van der Waals surface area (Å²) in [5, 5.41) is 5.25. The van der Waals surface area contributed by atoms with Crippen LogP contribution in [0.25, 0.3) is 22.2 Å². The van der Waals surface area contributed by atoms with Gasteiger partial charge in [-0.25, -0.2) is 0 Å². The third kappa shape index (κ3) is 3.06. The van der Waals surface area contributed by atoms with Crippen LogP contribution in [-0.2, 0) is 0 Å². The summed E-state index contributed by atoms with van der Waals surface area (Å²) in [5.74, 6) is 0. The first-order valence-electron chi connectivity index (χ1n) is 7.11. The van der Waals surface area contributed by atoms with Crippen LogP contribution >= 0.6 is 12.4 Å². The molecule has 22 heavy (non-hydrogen) atoms. The standard InChI is InChI=1S/C18H18N2O.ClH/c1-2-3-11-16(19)13-8-4-5-9-14(13)18-15-10-6-7-12-17(15)21-20-18;/h2,4-10,12,16H,1,3,11,19H2;1H. The topological polar surface area (TPSA) is 52.0 Å². The molecule has 0 radical (unpaired) electrons. The van der Waals surface area contributed by atoms with Crippen LogP contribution in [-0.4, -0.2) is 5.16 Å². The van der Waals surface area contributed by atoms with Gasteiger partial charge in [0.15, 0.2) is 5.58 Å². The number of aromatic nitrogens is 1. The van der Waals surface area contributed by atoms with Crippen molar-refractivity contribution in [3.8, 4) is 11.3 Å². The highest BCUT2D eigenvalue weighted by molar-refractivity contribution is 5.92. The average Bonchev–Trinajstić information content (AvgIpc) is 2.96. The molecule has 1 heterocycles. The molecule has 0 spiro atoms. The summed E-state index contributed by atoms with van der Waals surface area (Å²) >= 11 is 0. The molecule has 3 aromatic rings. The second-order valence-corrected chi connectivity index (χ2v) is 5.09. The van der Waals surface area contributed by atoms with Crippen LogP contribution in [0.4, 0.5) is 0 Å². The van der Waals surface area contributed by atoms with E-state index in [1.807, 2.05) is 48.5 Å². The molecule has 1 unspecified atom stereocenters. The molecule has 3 nitrogen and oxygen atoms in total. The maximum absolute atomic E-state index is 6.33. The van der Waals surface area contributed by atoms with Crippen molar-refractivity contribution in [3.63, 3.8) is 0 Å². The third-order valence-corrected chi connectivity index (χ3v) is 3.67. The minimum Gasteiger partial charge on any atom is -0.356 e. The summed E-state index contributed by atoms with van der Waals surface area (Å²) in [7, 11) is 0. The van der Waals surface area contributed by atoms with Gasteiger partial charge < -0.3 is 10.3 Å². The summed E-state index contributed by atoms with van der Waals surface area (Å²) in [6.07, 6.45) is 3.67. The van der Waals surface area contributed by atoms with E-state index in [-0.39, 0.29) is 18.4 Å². The van der Waals surface area contributed by atoms with Gasteiger partial charge in [-0.3, -0.25) is 0 Å². The van der Waals surface area contributed by atoms with Crippen LogP contribution in [0.15, 0.2) is 65.7 Å². The molecule has 0 saturated heterocycles. The first kappa shape index (κ1) is 16.3. The largest absolute Gasteiger partial charge is 0.356 e. The monoisotopic (exact) mass is 314 g/mol. The fraction of sp³-hybridized carbons (Fsp3) is 0.167. The number of hydrogen-bond acceptors (Lipinski definition) is 3. The molecule has 0 saturated carbocycles. The lowest BCUT2D eigenvalue weighted by atomic mass is 9.94. The van der Waals surface area contributed by atoms with Crippen molar-refractivity contribution in [1.29, 1.82) is 0 Å². The number of para-hydroxylation sites is 1. The van der Waals surface area contributed by atoms with Gasteiger partial charge in [-0.2, -0.15) is 0 Å². The van der Waals surface area contributed by atoms with Gasteiger partial charge >= 0.3 is 0 Å². The van der Waals surface area contributed by atoms with Gasteiger partial charge in [0.1, 0.15) is 5.69 Å². The number of nitrogens with zero attached hydrogens (tertiary/aromatic N) is 1. The molecule has 1 aromatic heterocycles. The van der Waals surface area contributed by atoms with Crippen molar-refractivity contribution in [2.75, 3.05) is 0 Å². The number of fused-ring (bicyclic) bond motifs is 1. The Balaban J connectivity index is 0.00000176. The van der Waals surface area contributed by atoms with Crippen LogP contribution < -0.4 is 5.73 Å². The fourth-order valence-corrected chi connectivity index (χ4v) is 2.57. The molecule has 3 rings (SSSR count). The number of hydrogen-bond donors (Lipinski definition) is 1. The molecule has 1 atom stereocenters. The van der Waals surface area contributed by atoms with Crippen molar-refractivity contribution in [2.45, 2.75) is 18.9 Å². The second-order valence-electron chi connectivity index (χ2n) is 5.09. The smallest absolute Gasteiger partial charge is 0.167 e. The molecule has 0 amide bonds. The van der Waals surface area contributed by atoms with Crippen molar-refractivity contribution >= 4 is 23.4 Å². The number of nitrogens with two attached hydrogens (primary N) is 1. The zero-order valence-corrected chi connectivity index (χ0v) is 13.1. The van der Waals surface area contributed by atoms with Crippen molar-refractivity contribution in [3.05, 3.63) is 66.7 Å². The fourth-order valence-electron chi connectivity index (χ4n) is 2.57. The number of rotatable bonds is 5. The average molecular weight is 315 g/mol. The summed E-state index contributed by atoms with van der Waals surface area (Å²) in [6, 6.07) is 16.0. The van der Waals surface area contributed by atoms with Crippen molar-refractivity contribution < 1.29 is 4.52 Å². The van der Waals surface area contributed by atoms with Crippen LogP contribution in [0.3, 0.4) is 0 Å². The minimum atomic E-state index is -0.0327. The van der Waals surface area contributed by atoms with Crippen molar-refractivity contribution in [2.24, 2.45) is 5.73 Å². The Bertz CT molecular complexity index is 766. The molecule has 0 fully saturated rings. The van der Waals surface area contributed by atoms with Gasteiger partial charge in [-0.15, -0.1) is 19.0 Å². The van der Waals surface area contributed by atoms with Crippen LogP contribution in [0.5, 0.6) is 0 Å². The molecular formula is C18H19ClN2O. The SMILES string of the molecule is C=CCCC(N)c1ccccc1-c1noc2ccccc12.Cl. The van der Waals surface area contributed by atoms with E-state index in [2.05, 4.69) is 17.8 Å². The maximum Gasteiger partial charge on any atom is 0.167 e. The Hall–Kier alpha value is -2.10. The van der Waals surface area contributed by atoms with Gasteiger partial charge in [0, 0.05) is 17.0 Å². The minimum absolute atomic E-state index is 0. The predicted molar refractivity (Wildman–Crippen MR) is 93.1 cm³/mol. The van der Waals surface area contributed by atoms with E-state index < -0.39 is 0 Å². The zero-order valence-electron chi connectivity index (χ0n) is 12.2. The van der Waals surface area contributed by atoms with Crippen LogP contribution in [0.1, 0.15) is 24.4 Å². The second kappa shape index (κ2) is 7.25. The molecule has 114 valence electrons. The molecule has 2 N–H and O–H groups in total. The molecule has 0 bridgehead atoms. The Kier molecular flexibility index (Phi) is 5.36. The van der Waals surface area contributed by atoms with Crippen LogP contribution in [0.2, 0.25) is 0 Å². The van der Waals surface area contributed by atoms with Gasteiger partial charge in [0.05, 0.1) is 0 Å². The van der Waals surface area contributed by atoms with E-state index in [4.69, 9.17) is 10.3 Å². The molecule has 4 heteroatoms. The number of halogens is 1. The van der Waals surface area contributed by atoms with E-state index in [1.165, 1.54) is 0 Å². The Morgan fingerprint density at radius 1 is 1.14 bits per heavy atom. The lowest BCUT2D eigenvalue weighted by Gasteiger charge is -2.14. The lowest BCUT2D eigenvalue weighted by molar-refractivity contribution is 0.459. The number of allylic oxidation sites excluding steroid dienone is 1. The molecule has 0 aliphatic carbocycles. The van der Waals surface area contributed by atoms with E-state index in [1.54, 1.807) is 0 Å². The van der Waals surface area contributed by atoms with E-state index in [9.17, 15) is 0 Å². The Morgan fingerprint density at radius 3 is 2.68 bits per heavy atom. The first-order chi connectivity index (χ1) is 10.3. The van der Waals surface area contributed by atoms with E-state index in [0.717, 1.165) is 40.6 Å². The number of benzene rings is 2. The Morgan fingerprint density at radius 2 is 1.86 bits per heavy atom. The van der Waals surface area contributed by atoms with Crippen LogP contribution in [0, 0.1) is 0 Å². The van der Waals surface area contributed by atoms with Gasteiger partial charge in [-0.05, 0) is 30.5 Å². The molecule has 0 aliphatic rings. The van der Waals surface area contributed by atoms with Gasteiger partial charge in [-0.1, -0.05) is 47.6 Å². The summed E-state index contributed by atoms with van der Waals surface area (Å²) in [4.78, 5) is 0. The predicted octanol–water partition coefficient (Wildman–Crippen LogP) is 4.88. The Labute approximate surface area is 136 Å². The van der Waals surface area contributed by atoms with Crippen molar-refractivity contribution in [1.82, 2.24) is 5.16 Å².